The molecule has 1 heterocycles. The number of nitrogens with zero attached hydrogens (tertiary/aromatic N) is 1. The quantitative estimate of drug-likeness (QED) is 0.693. The highest BCUT2D eigenvalue weighted by Crippen LogP contribution is 2.25. The van der Waals surface area contributed by atoms with Crippen molar-refractivity contribution < 1.29 is 9.90 Å². The van der Waals surface area contributed by atoms with Gasteiger partial charge in [0.05, 0.1) is 0 Å². The van der Waals surface area contributed by atoms with Gasteiger partial charge >= 0.3 is 5.97 Å². The fraction of sp³-hybridized carbons (Fsp3) is 0.750. The third-order valence-corrected chi connectivity index (χ3v) is 3.55. The Balaban J connectivity index is 2.03. The molecular formula is C12H20N2O2. The van der Waals surface area contributed by atoms with Crippen molar-refractivity contribution >= 4 is 5.97 Å². The second-order valence-corrected chi connectivity index (χ2v) is 4.61. The van der Waals surface area contributed by atoms with E-state index >= 15 is 0 Å². The normalized spacial score (nSPS) is 28.9. The lowest BCUT2D eigenvalue weighted by Gasteiger charge is -2.37. The first-order chi connectivity index (χ1) is 7.79. The molecule has 1 saturated heterocycles. The number of hydrogen-bond donors (Lipinski definition) is 2. The van der Waals surface area contributed by atoms with Crippen molar-refractivity contribution in [2.24, 2.45) is 5.92 Å². The largest absolute Gasteiger partial charge is 0.480 e. The molecule has 2 N–H and O–H groups in total. The Labute approximate surface area is 96.3 Å². The summed E-state index contributed by atoms with van der Waals surface area (Å²) >= 11 is 0. The molecule has 2 unspecified atom stereocenters. The van der Waals surface area contributed by atoms with E-state index in [-0.39, 0.29) is 6.04 Å². The van der Waals surface area contributed by atoms with Gasteiger partial charge < -0.3 is 10.4 Å². The van der Waals surface area contributed by atoms with Crippen LogP contribution in [0.3, 0.4) is 0 Å². The molecule has 0 aromatic carbocycles. The van der Waals surface area contributed by atoms with Crippen LogP contribution in [-0.4, -0.2) is 48.2 Å². The minimum atomic E-state index is -0.651. The predicted octanol–water partition coefficient (Wildman–Crippen LogP) is 0.701. The Hall–Kier alpha value is -0.870. The van der Waals surface area contributed by atoms with Gasteiger partial charge in [0.25, 0.3) is 0 Å². The Morgan fingerprint density at radius 1 is 1.38 bits per heavy atom. The average Bonchev–Trinajstić information content (AvgIpc) is 2.31. The maximum atomic E-state index is 11.4. The number of carbonyl (C=O) groups is 1. The molecule has 2 atom stereocenters. The Morgan fingerprint density at radius 3 is 2.69 bits per heavy atom. The zero-order chi connectivity index (χ0) is 11.4. The van der Waals surface area contributed by atoms with Gasteiger partial charge in [0.2, 0.25) is 0 Å². The summed E-state index contributed by atoms with van der Waals surface area (Å²) in [4.78, 5) is 13.5. The SMILES string of the molecule is O=C(O)C(C1CC=CCC1)N1CCNCC1. The predicted molar refractivity (Wildman–Crippen MR) is 62.3 cm³/mol. The molecule has 0 aromatic rings. The molecule has 1 aliphatic heterocycles. The van der Waals surface area contributed by atoms with E-state index in [4.69, 9.17) is 0 Å². The monoisotopic (exact) mass is 224 g/mol. The van der Waals surface area contributed by atoms with Gasteiger partial charge in [0.1, 0.15) is 6.04 Å². The van der Waals surface area contributed by atoms with Crippen LogP contribution in [0.4, 0.5) is 0 Å². The Kier molecular flexibility index (Phi) is 3.96. The molecule has 1 fully saturated rings. The zero-order valence-electron chi connectivity index (χ0n) is 9.56. The molecule has 0 amide bonds. The molecule has 1 aliphatic carbocycles. The third-order valence-electron chi connectivity index (χ3n) is 3.55. The minimum absolute atomic E-state index is 0.285. The maximum absolute atomic E-state index is 11.4. The van der Waals surface area contributed by atoms with Gasteiger partial charge in [0.15, 0.2) is 0 Å². The fourth-order valence-electron chi connectivity index (χ4n) is 2.72. The van der Waals surface area contributed by atoms with Crippen molar-refractivity contribution in [3.05, 3.63) is 12.2 Å². The van der Waals surface area contributed by atoms with E-state index in [9.17, 15) is 9.90 Å². The molecular weight excluding hydrogens is 204 g/mol. The van der Waals surface area contributed by atoms with Crippen molar-refractivity contribution in [2.75, 3.05) is 26.2 Å². The Bertz CT molecular complexity index is 272. The van der Waals surface area contributed by atoms with Crippen LogP contribution in [0.1, 0.15) is 19.3 Å². The fourth-order valence-corrected chi connectivity index (χ4v) is 2.72. The lowest BCUT2D eigenvalue weighted by molar-refractivity contribution is -0.146. The smallest absolute Gasteiger partial charge is 0.321 e. The highest BCUT2D eigenvalue weighted by atomic mass is 16.4. The molecule has 4 heteroatoms. The summed E-state index contributed by atoms with van der Waals surface area (Å²) in [7, 11) is 0. The molecule has 90 valence electrons. The summed E-state index contributed by atoms with van der Waals surface area (Å²) in [6.07, 6.45) is 7.25. The van der Waals surface area contributed by atoms with Crippen LogP contribution in [-0.2, 0) is 4.79 Å². The summed E-state index contributed by atoms with van der Waals surface area (Å²) in [5.41, 5.74) is 0. The first-order valence-corrected chi connectivity index (χ1v) is 6.11. The standard InChI is InChI=1S/C12H20N2O2/c15-12(16)11(10-4-2-1-3-5-10)14-8-6-13-7-9-14/h1-2,10-11,13H,3-9H2,(H,15,16). The highest BCUT2D eigenvalue weighted by molar-refractivity contribution is 5.74. The van der Waals surface area contributed by atoms with Gasteiger partial charge in [0, 0.05) is 26.2 Å². The van der Waals surface area contributed by atoms with E-state index in [0.29, 0.717) is 5.92 Å². The van der Waals surface area contributed by atoms with E-state index in [2.05, 4.69) is 22.4 Å². The van der Waals surface area contributed by atoms with Gasteiger partial charge in [-0.15, -0.1) is 0 Å². The van der Waals surface area contributed by atoms with Crippen molar-refractivity contribution in [2.45, 2.75) is 25.3 Å². The van der Waals surface area contributed by atoms with E-state index in [0.717, 1.165) is 45.4 Å². The molecule has 4 nitrogen and oxygen atoms in total. The Morgan fingerprint density at radius 2 is 2.12 bits per heavy atom. The minimum Gasteiger partial charge on any atom is -0.480 e. The first-order valence-electron chi connectivity index (χ1n) is 6.11. The van der Waals surface area contributed by atoms with Crippen LogP contribution in [0, 0.1) is 5.92 Å². The summed E-state index contributed by atoms with van der Waals surface area (Å²) in [5.74, 6) is -0.359. The van der Waals surface area contributed by atoms with Crippen molar-refractivity contribution in [1.29, 1.82) is 0 Å². The average molecular weight is 224 g/mol. The summed E-state index contributed by atoms with van der Waals surface area (Å²) < 4.78 is 0. The lowest BCUT2D eigenvalue weighted by Crippen LogP contribution is -2.54. The van der Waals surface area contributed by atoms with Crippen molar-refractivity contribution in [3.63, 3.8) is 0 Å². The summed E-state index contributed by atoms with van der Waals surface area (Å²) in [5, 5.41) is 12.7. The summed E-state index contributed by atoms with van der Waals surface area (Å²) in [6.45, 7) is 3.53. The van der Waals surface area contributed by atoms with E-state index in [1.54, 1.807) is 0 Å². The van der Waals surface area contributed by atoms with Crippen LogP contribution in [0.15, 0.2) is 12.2 Å². The van der Waals surface area contributed by atoms with Crippen LogP contribution < -0.4 is 5.32 Å². The van der Waals surface area contributed by atoms with Crippen LogP contribution in [0.25, 0.3) is 0 Å². The number of hydrogen-bond acceptors (Lipinski definition) is 3. The topological polar surface area (TPSA) is 52.6 Å². The van der Waals surface area contributed by atoms with Gasteiger partial charge in [-0.25, -0.2) is 0 Å². The van der Waals surface area contributed by atoms with E-state index in [1.807, 2.05) is 0 Å². The number of piperazine rings is 1. The van der Waals surface area contributed by atoms with Gasteiger partial charge in [-0.1, -0.05) is 12.2 Å². The molecule has 0 aromatic heterocycles. The van der Waals surface area contributed by atoms with E-state index < -0.39 is 5.97 Å². The van der Waals surface area contributed by atoms with Crippen LogP contribution >= 0.6 is 0 Å². The van der Waals surface area contributed by atoms with Crippen molar-refractivity contribution in [3.8, 4) is 0 Å². The number of carboxylic acids is 1. The molecule has 16 heavy (non-hydrogen) atoms. The second-order valence-electron chi connectivity index (χ2n) is 4.61. The van der Waals surface area contributed by atoms with Crippen molar-refractivity contribution in [1.82, 2.24) is 10.2 Å². The van der Waals surface area contributed by atoms with Crippen LogP contribution in [0.5, 0.6) is 0 Å². The zero-order valence-corrected chi connectivity index (χ0v) is 9.56. The molecule has 0 spiro atoms. The van der Waals surface area contributed by atoms with Gasteiger partial charge in [-0.3, -0.25) is 9.69 Å². The molecule has 0 bridgehead atoms. The van der Waals surface area contributed by atoms with Gasteiger partial charge in [-0.05, 0) is 25.2 Å². The molecule has 0 saturated carbocycles. The number of rotatable bonds is 3. The van der Waals surface area contributed by atoms with Gasteiger partial charge in [-0.2, -0.15) is 0 Å². The second kappa shape index (κ2) is 5.46. The highest BCUT2D eigenvalue weighted by Gasteiger charge is 2.33. The molecule has 2 aliphatic rings. The first kappa shape index (κ1) is 11.6. The lowest BCUT2D eigenvalue weighted by atomic mass is 9.86. The third kappa shape index (κ3) is 2.62. The molecule has 0 radical (unpaired) electrons. The number of nitrogens with one attached hydrogen (secondary N) is 1. The number of aliphatic carboxylic acids is 1. The number of carboxylic acid groups (broad SMARTS) is 1. The summed E-state index contributed by atoms with van der Waals surface area (Å²) in [6, 6.07) is -0.285. The van der Waals surface area contributed by atoms with Crippen LogP contribution in [0.2, 0.25) is 0 Å². The number of allylic oxidation sites excluding steroid dienone is 2. The molecule has 2 rings (SSSR count). The maximum Gasteiger partial charge on any atom is 0.321 e. The van der Waals surface area contributed by atoms with E-state index in [1.165, 1.54) is 0 Å².